The van der Waals surface area contributed by atoms with Crippen molar-refractivity contribution in [3.8, 4) is 22.1 Å². The van der Waals surface area contributed by atoms with Crippen LogP contribution in [-0.2, 0) is 14.8 Å². The molecule has 2 heterocycles. The molecular weight excluding hydrogens is 474 g/mol. The Morgan fingerprint density at radius 2 is 1.82 bits per heavy atom. The molecule has 10 heteroatoms. The van der Waals surface area contributed by atoms with Gasteiger partial charge in [-0.15, -0.1) is 11.3 Å². The molecule has 2 aromatic carbocycles. The molecule has 1 fully saturated rings. The van der Waals surface area contributed by atoms with Crippen molar-refractivity contribution >= 4 is 33.3 Å². The number of anilines is 1. The molecule has 34 heavy (non-hydrogen) atoms. The quantitative estimate of drug-likeness (QED) is 0.413. The molecule has 0 bridgehead atoms. The minimum absolute atomic E-state index is 0.0236. The Morgan fingerprint density at radius 1 is 1.09 bits per heavy atom. The molecule has 0 aliphatic carbocycles. The molecule has 4 rings (SSSR count). The predicted molar refractivity (Wildman–Crippen MR) is 132 cm³/mol. The molecular formula is C24H27N3O5S2. The molecule has 0 saturated carbocycles. The number of rotatable bonds is 9. The minimum atomic E-state index is -3.59. The van der Waals surface area contributed by atoms with E-state index in [1.807, 2.05) is 37.4 Å². The van der Waals surface area contributed by atoms with E-state index in [9.17, 15) is 13.2 Å². The van der Waals surface area contributed by atoms with E-state index in [4.69, 9.17) is 9.47 Å². The number of nitrogens with zero attached hydrogens (tertiary/aromatic N) is 3. The van der Waals surface area contributed by atoms with Gasteiger partial charge in [0, 0.05) is 49.5 Å². The first-order chi connectivity index (χ1) is 16.4. The van der Waals surface area contributed by atoms with Gasteiger partial charge in [0.15, 0.2) is 6.29 Å². The molecule has 0 radical (unpaired) electrons. The van der Waals surface area contributed by atoms with Crippen LogP contribution in [0.25, 0.3) is 10.6 Å². The predicted octanol–water partition coefficient (Wildman–Crippen LogP) is 3.69. The Labute approximate surface area is 203 Å². The van der Waals surface area contributed by atoms with Gasteiger partial charge in [0.2, 0.25) is 10.0 Å². The lowest BCUT2D eigenvalue weighted by Crippen LogP contribution is -2.48. The Morgan fingerprint density at radius 3 is 2.44 bits per heavy atom. The topological polar surface area (TPSA) is 89.0 Å². The van der Waals surface area contributed by atoms with Crippen molar-refractivity contribution in [2.45, 2.75) is 24.8 Å². The van der Waals surface area contributed by atoms with E-state index in [0.29, 0.717) is 44.0 Å². The van der Waals surface area contributed by atoms with Crippen LogP contribution in [0.2, 0.25) is 0 Å². The zero-order chi connectivity index (χ0) is 24.1. The number of benzene rings is 2. The molecule has 180 valence electrons. The number of aldehydes is 1. The summed E-state index contributed by atoms with van der Waals surface area (Å²) in [5.74, 6) is 1.23. The van der Waals surface area contributed by atoms with Gasteiger partial charge in [0.1, 0.15) is 23.1 Å². The summed E-state index contributed by atoms with van der Waals surface area (Å²) in [6.07, 6.45) is 2.46. The standard InChI is InChI=1S/C24H27N3O5S2/c1-18(2)32-20-4-6-21(7-5-20)34(29,30)27-12-10-26(11-13-27)19-3-8-22(24-25-9-16-33-24)23(17-19)31-15-14-28/h3-9,14,16-18H,10-13,15H2,1-2H3. The van der Waals surface area contributed by atoms with Gasteiger partial charge in [0.25, 0.3) is 0 Å². The van der Waals surface area contributed by atoms with Crippen molar-refractivity contribution in [3.05, 3.63) is 54.0 Å². The highest BCUT2D eigenvalue weighted by molar-refractivity contribution is 7.89. The van der Waals surface area contributed by atoms with Crippen LogP contribution < -0.4 is 14.4 Å². The lowest BCUT2D eigenvalue weighted by molar-refractivity contribution is -0.109. The summed E-state index contributed by atoms with van der Waals surface area (Å²) < 4.78 is 39.0. The van der Waals surface area contributed by atoms with E-state index in [-0.39, 0.29) is 17.6 Å². The molecule has 0 atom stereocenters. The maximum atomic E-state index is 13.1. The number of thiazole rings is 1. The van der Waals surface area contributed by atoms with Gasteiger partial charge in [-0.25, -0.2) is 13.4 Å². The lowest BCUT2D eigenvalue weighted by Gasteiger charge is -2.35. The summed E-state index contributed by atoms with van der Waals surface area (Å²) in [7, 11) is -3.59. The highest BCUT2D eigenvalue weighted by atomic mass is 32.2. The van der Waals surface area contributed by atoms with Crippen LogP contribution in [0.5, 0.6) is 11.5 Å². The number of aromatic nitrogens is 1. The number of carbonyl (C=O) groups excluding carboxylic acids is 1. The fourth-order valence-electron chi connectivity index (χ4n) is 3.78. The van der Waals surface area contributed by atoms with Gasteiger partial charge in [-0.3, -0.25) is 4.79 Å². The van der Waals surface area contributed by atoms with Crippen LogP contribution in [0.15, 0.2) is 58.9 Å². The molecule has 0 amide bonds. The van der Waals surface area contributed by atoms with Crippen molar-refractivity contribution in [1.29, 1.82) is 0 Å². The first-order valence-corrected chi connectivity index (χ1v) is 13.3. The molecule has 0 spiro atoms. The Hall–Kier alpha value is -2.95. The van der Waals surface area contributed by atoms with Gasteiger partial charge in [0.05, 0.1) is 16.6 Å². The van der Waals surface area contributed by atoms with Crippen LogP contribution in [0.1, 0.15) is 13.8 Å². The maximum Gasteiger partial charge on any atom is 0.243 e. The van der Waals surface area contributed by atoms with Crippen LogP contribution in [-0.4, -0.2) is 62.9 Å². The summed E-state index contributed by atoms with van der Waals surface area (Å²) in [6, 6.07) is 12.3. The molecule has 3 aromatic rings. The number of ether oxygens (including phenoxy) is 2. The molecule has 8 nitrogen and oxygen atoms in total. The number of carbonyl (C=O) groups is 1. The van der Waals surface area contributed by atoms with Crippen LogP contribution >= 0.6 is 11.3 Å². The van der Waals surface area contributed by atoms with Gasteiger partial charge < -0.3 is 14.4 Å². The van der Waals surface area contributed by atoms with Crippen LogP contribution in [0.4, 0.5) is 5.69 Å². The third-order valence-electron chi connectivity index (χ3n) is 5.37. The van der Waals surface area contributed by atoms with Crippen LogP contribution in [0, 0.1) is 0 Å². The van der Waals surface area contributed by atoms with Crippen molar-refractivity contribution < 1.29 is 22.7 Å². The lowest BCUT2D eigenvalue weighted by atomic mass is 10.1. The first kappa shape index (κ1) is 24.2. The second-order valence-corrected chi connectivity index (χ2v) is 10.9. The van der Waals surface area contributed by atoms with Crippen LogP contribution in [0.3, 0.4) is 0 Å². The van der Waals surface area contributed by atoms with E-state index in [1.165, 1.54) is 15.6 Å². The summed E-state index contributed by atoms with van der Waals surface area (Å²) in [6.45, 7) is 5.61. The zero-order valence-corrected chi connectivity index (χ0v) is 20.7. The zero-order valence-electron chi connectivity index (χ0n) is 19.1. The van der Waals surface area contributed by atoms with Gasteiger partial charge in [-0.05, 0) is 50.2 Å². The molecule has 1 saturated heterocycles. The Kier molecular flexibility index (Phi) is 7.50. The van der Waals surface area contributed by atoms with E-state index in [2.05, 4.69) is 9.88 Å². The van der Waals surface area contributed by atoms with Crippen molar-refractivity contribution in [2.75, 3.05) is 37.7 Å². The number of hydrogen-bond donors (Lipinski definition) is 0. The van der Waals surface area contributed by atoms with Crippen molar-refractivity contribution in [1.82, 2.24) is 9.29 Å². The fraction of sp³-hybridized carbons (Fsp3) is 0.333. The van der Waals surface area contributed by atoms with Crippen molar-refractivity contribution in [3.63, 3.8) is 0 Å². The number of sulfonamides is 1. The maximum absolute atomic E-state index is 13.1. The second-order valence-electron chi connectivity index (χ2n) is 8.02. The first-order valence-electron chi connectivity index (χ1n) is 11.0. The van der Waals surface area contributed by atoms with Gasteiger partial charge in [-0.1, -0.05) is 0 Å². The minimum Gasteiger partial charge on any atom is -0.491 e. The SMILES string of the molecule is CC(C)Oc1ccc(S(=O)(=O)N2CCN(c3ccc(-c4nccs4)c(OCC=O)c3)CC2)cc1. The molecule has 1 aliphatic rings. The highest BCUT2D eigenvalue weighted by Gasteiger charge is 2.29. The third-order valence-corrected chi connectivity index (χ3v) is 8.09. The number of piperazine rings is 1. The van der Waals surface area contributed by atoms with Gasteiger partial charge >= 0.3 is 0 Å². The van der Waals surface area contributed by atoms with E-state index in [0.717, 1.165) is 16.3 Å². The van der Waals surface area contributed by atoms with Gasteiger partial charge in [-0.2, -0.15) is 4.31 Å². The fourth-order valence-corrected chi connectivity index (χ4v) is 5.87. The molecule has 0 unspecified atom stereocenters. The monoisotopic (exact) mass is 501 g/mol. The summed E-state index contributed by atoms with van der Waals surface area (Å²) in [5.41, 5.74) is 1.74. The van der Waals surface area contributed by atoms with E-state index in [1.54, 1.807) is 30.5 Å². The summed E-state index contributed by atoms with van der Waals surface area (Å²) in [4.78, 5) is 17.6. The summed E-state index contributed by atoms with van der Waals surface area (Å²) >= 11 is 1.50. The average molecular weight is 502 g/mol. The van der Waals surface area contributed by atoms with Crippen molar-refractivity contribution in [2.24, 2.45) is 0 Å². The smallest absolute Gasteiger partial charge is 0.243 e. The second kappa shape index (κ2) is 10.5. The molecule has 1 aromatic heterocycles. The third kappa shape index (κ3) is 5.40. The normalized spacial score (nSPS) is 14.9. The molecule has 0 N–H and O–H groups in total. The average Bonchev–Trinajstić information content (AvgIpc) is 3.37. The highest BCUT2D eigenvalue weighted by Crippen LogP contribution is 2.35. The summed E-state index contributed by atoms with van der Waals surface area (Å²) in [5, 5.41) is 2.70. The Balaban J connectivity index is 1.46. The number of hydrogen-bond acceptors (Lipinski definition) is 8. The largest absolute Gasteiger partial charge is 0.491 e. The Bertz CT molecular complexity index is 1200. The van der Waals surface area contributed by atoms with E-state index >= 15 is 0 Å². The molecule has 1 aliphatic heterocycles. The van der Waals surface area contributed by atoms with E-state index < -0.39 is 10.0 Å².